The number of carbonyl (C=O) groups excluding carboxylic acids is 1. The van der Waals surface area contributed by atoms with Gasteiger partial charge in [0, 0.05) is 13.7 Å². The van der Waals surface area contributed by atoms with Gasteiger partial charge >= 0.3 is 6.09 Å². The van der Waals surface area contributed by atoms with Crippen LogP contribution in [0.2, 0.25) is 19.6 Å². The van der Waals surface area contributed by atoms with Gasteiger partial charge in [0.05, 0.1) is 24.4 Å². The summed E-state index contributed by atoms with van der Waals surface area (Å²) in [5, 5.41) is 14.5. The topological polar surface area (TPSA) is 80.4 Å². The zero-order valence-corrected chi connectivity index (χ0v) is 20.5. The second-order valence-electron chi connectivity index (χ2n) is 9.71. The molecule has 1 amide bonds. The number of rotatable bonds is 4. The monoisotopic (exact) mass is 430 g/mol. The Morgan fingerprint density at radius 2 is 2.00 bits per heavy atom. The van der Waals surface area contributed by atoms with E-state index >= 15 is 0 Å². The quantitative estimate of drug-likeness (QED) is 0.537. The van der Waals surface area contributed by atoms with Crippen LogP contribution >= 0.6 is 0 Å². The summed E-state index contributed by atoms with van der Waals surface area (Å²) in [4.78, 5) is 14.5. The summed E-state index contributed by atoms with van der Waals surface area (Å²) < 4.78 is 12.9. The molecule has 1 saturated heterocycles. The van der Waals surface area contributed by atoms with Crippen molar-refractivity contribution in [1.29, 1.82) is 5.26 Å². The Morgan fingerprint density at radius 1 is 1.33 bits per heavy atom. The number of aromatic nitrogens is 2. The molecule has 1 aromatic heterocycles. The number of nitrogens with zero attached hydrogens (tertiary/aromatic N) is 4. The number of amides is 1. The van der Waals surface area contributed by atoms with Gasteiger partial charge in [-0.15, -0.1) is 5.54 Å². The van der Waals surface area contributed by atoms with E-state index in [0.717, 1.165) is 5.69 Å². The van der Waals surface area contributed by atoms with Crippen molar-refractivity contribution >= 4 is 14.2 Å². The maximum absolute atomic E-state index is 12.8. The van der Waals surface area contributed by atoms with Crippen LogP contribution in [0.25, 0.3) is 0 Å². The number of hydrogen-bond acceptors (Lipinski definition) is 5. The molecule has 2 atom stereocenters. The lowest BCUT2D eigenvalue weighted by Gasteiger charge is -2.28. The van der Waals surface area contributed by atoms with Crippen LogP contribution in [0.5, 0.6) is 0 Å². The number of likely N-dealkylation sites (tertiary alicyclic amines) is 1. The Bertz CT molecular complexity index is 878. The number of carbonyl (C=O) groups is 1. The average Bonchev–Trinajstić information content (AvgIpc) is 3.18. The molecule has 0 saturated carbocycles. The van der Waals surface area contributed by atoms with E-state index in [1.165, 1.54) is 0 Å². The van der Waals surface area contributed by atoms with E-state index in [9.17, 15) is 10.1 Å². The van der Waals surface area contributed by atoms with Gasteiger partial charge in [0.2, 0.25) is 0 Å². The lowest BCUT2D eigenvalue weighted by molar-refractivity contribution is 0.0145. The Balaban J connectivity index is 2.40. The molecule has 0 aliphatic carbocycles. The third-order valence-corrected chi connectivity index (χ3v) is 5.61. The minimum absolute atomic E-state index is 0.0536. The fourth-order valence-corrected chi connectivity index (χ4v) is 4.02. The van der Waals surface area contributed by atoms with E-state index in [1.807, 2.05) is 32.4 Å². The molecule has 1 aliphatic rings. The standard InChI is InChI=1S/C22H34N4O3Si/c1-9-20-18(13-23)19(10-11-30(6,7)8)24-26(20)16-12-17(15-28-5)25(14-16)21(27)29-22(2,3)4/h16-17H,9,12,14-15H2,1-8H3/t16-,17+/m0/s1. The van der Waals surface area contributed by atoms with Crippen LogP contribution in [0.1, 0.15) is 57.1 Å². The third kappa shape index (κ3) is 5.87. The second-order valence-corrected chi connectivity index (χ2v) is 14.5. The zero-order valence-electron chi connectivity index (χ0n) is 19.5. The predicted octanol–water partition coefficient (Wildman–Crippen LogP) is 3.74. The molecular formula is C22H34N4O3Si. The van der Waals surface area contributed by atoms with Crippen LogP contribution < -0.4 is 0 Å². The molecule has 164 valence electrons. The highest BCUT2D eigenvalue weighted by Gasteiger charge is 2.39. The van der Waals surface area contributed by atoms with Crippen LogP contribution in [0.15, 0.2) is 0 Å². The molecule has 1 aliphatic heterocycles. The van der Waals surface area contributed by atoms with Gasteiger partial charge in [0.15, 0.2) is 5.69 Å². The van der Waals surface area contributed by atoms with Gasteiger partial charge in [0.1, 0.15) is 25.3 Å². The zero-order chi connectivity index (χ0) is 22.7. The molecule has 0 unspecified atom stereocenters. The molecule has 0 bridgehead atoms. The second kappa shape index (κ2) is 9.24. The first kappa shape index (κ1) is 24.0. The van der Waals surface area contributed by atoms with Crippen molar-refractivity contribution < 1.29 is 14.3 Å². The van der Waals surface area contributed by atoms with E-state index < -0.39 is 13.7 Å². The average molecular weight is 431 g/mol. The van der Waals surface area contributed by atoms with Gasteiger partial charge in [-0.25, -0.2) is 4.79 Å². The fraction of sp³-hybridized carbons (Fsp3) is 0.682. The van der Waals surface area contributed by atoms with Gasteiger partial charge in [-0.05, 0) is 33.6 Å². The van der Waals surface area contributed by atoms with Crippen molar-refractivity contribution in [3.63, 3.8) is 0 Å². The van der Waals surface area contributed by atoms with Crippen LogP contribution in [-0.2, 0) is 15.9 Å². The van der Waals surface area contributed by atoms with E-state index in [0.29, 0.717) is 37.3 Å². The van der Waals surface area contributed by atoms with Gasteiger partial charge < -0.3 is 14.4 Å². The first-order chi connectivity index (χ1) is 13.9. The van der Waals surface area contributed by atoms with Crippen molar-refractivity contribution in [1.82, 2.24) is 14.7 Å². The fourth-order valence-electron chi connectivity index (χ4n) is 3.53. The first-order valence-corrected chi connectivity index (χ1v) is 13.9. The Morgan fingerprint density at radius 3 is 2.50 bits per heavy atom. The number of methoxy groups -OCH3 is 1. The highest BCUT2D eigenvalue weighted by atomic mass is 28.3. The lowest BCUT2D eigenvalue weighted by Crippen LogP contribution is -2.41. The maximum atomic E-state index is 12.8. The van der Waals surface area contributed by atoms with Crippen LogP contribution in [-0.4, -0.2) is 60.8 Å². The molecule has 0 aromatic carbocycles. The molecule has 0 N–H and O–H groups in total. The lowest BCUT2D eigenvalue weighted by atomic mass is 10.1. The number of hydrogen-bond donors (Lipinski definition) is 0. The minimum atomic E-state index is -1.60. The van der Waals surface area contributed by atoms with E-state index in [-0.39, 0.29) is 18.2 Å². The molecule has 2 heterocycles. The van der Waals surface area contributed by atoms with E-state index in [4.69, 9.17) is 14.6 Å². The van der Waals surface area contributed by atoms with Crippen LogP contribution in [0, 0.1) is 22.8 Å². The molecule has 7 nitrogen and oxygen atoms in total. The first-order valence-electron chi connectivity index (χ1n) is 10.4. The maximum Gasteiger partial charge on any atom is 0.410 e. The van der Waals surface area contributed by atoms with Crippen molar-refractivity contribution in [3.05, 3.63) is 17.0 Å². The molecule has 0 spiro atoms. The van der Waals surface area contributed by atoms with Crippen molar-refractivity contribution in [3.8, 4) is 17.5 Å². The van der Waals surface area contributed by atoms with Crippen LogP contribution in [0.3, 0.4) is 0 Å². The highest BCUT2D eigenvalue weighted by Crippen LogP contribution is 2.31. The Labute approximate surface area is 181 Å². The summed E-state index contributed by atoms with van der Waals surface area (Å²) in [6.45, 7) is 14.9. The Hall–Kier alpha value is -2.29. The molecule has 30 heavy (non-hydrogen) atoms. The van der Waals surface area contributed by atoms with Gasteiger partial charge in [-0.2, -0.15) is 10.4 Å². The normalized spacial score (nSPS) is 19.2. The summed E-state index contributed by atoms with van der Waals surface area (Å²) >= 11 is 0. The highest BCUT2D eigenvalue weighted by molar-refractivity contribution is 6.83. The summed E-state index contributed by atoms with van der Waals surface area (Å²) in [5.41, 5.74) is 4.69. The molecule has 8 heteroatoms. The predicted molar refractivity (Wildman–Crippen MR) is 119 cm³/mol. The van der Waals surface area contributed by atoms with Gasteiger partial charge in [-0.3, -0.25) is 4.68 Å². The van der Waals surface area contributed by atoms with Crippen molar-refractivity contribution in [2.75, 3.05) is 20.3 Å². The largest absolute Gasteiger partial charge is 0.444 e. The van der Waals surface area contributed by atoms with E-state index in [1.54, 1.807) is 12.0 Å². The Kier molecular flexibility index (Phi) is 7.39. The van der Waals surface area contributed by atoms with Crippen molar-refractivity contribution in [2.45, 2.75) is 77.9 Å². The summed E-state index contributed by atoms with van der Waals surface area (Å²) in [6, 6.07) is 2.14. The summed E-state index contributed by atoms with van der Waals surface area (Å²) in [5.74, 6) is 3.15. The van der Waals surface area contributed by atoms with Gasteiger partial charge in [0.25, 0.3) is 0 Å². The molecule has 2 rings (SSSR count). The summed E-state index contributed by atoms with van der Waals surface area (Å²) in [7, 11) is 0.0271. The number of nitriles is 1. The van der Waals surface area contributed by atoms with Crippen LogP contribution in [0.4, 0.5) is 4.79 Å². The molecule has 0 radical (unpaired) electrons. The molecule has 1 fully saturated rings. The summed E-state index contributed by atoms with van der Waals surface area (Å²) in [6.07, 6.45) is 1.01. The molecular weight excluding hydrogens is 396 g/mol. The smallest absolute Gasteiger partial charge is 0.410 e. The SMILES string of the molecule is CCc1c(C#N)c(C#C[Si](C)(C)C)nn1[C@H]1C[C@H](COC)N(C(=O)OC(C)(C)C)C1. The number of ether oxygens (including phenoxy) is 2. The molecule has 1 aromatic rings. The van der Waals surface area contributed by atoms with Gasteiger partial charge in [-0.1, -0.05) is 32.5 Å². The van der Waals surface area contributed by atoms with E-state index in [2.05, 4.69) is 37.2 Å². The van der Waals surface area contributed by atoms with Crippen molar-refractivity contribution in [2.24, 2.45) is 0 Å². The minimum Gasteiger partial charge on any atom is -0.444 e. The third-order valence-electron chi connectivity index (χ3n) is 4.74.